The molecule has 2 radical (unpaired) electrons. The molecule has 3 N–H and O–H groups in total. The van der Waals surface area contributed by atoms with Gasteiger partial charge in [-0.2, -0.15) is 0 Å². The zero-order valence-corrected chi connectivity index (χ0v) is 11.7. The standard InChI is InChI=1S/C3H7O5P.Pb.2H/c4-1-3(5)2-8-9(6)7;;;/h3-5H,1-2H2;;;/p+1. The average Bonchev–Trinajstić information content (AvgIpc) is 1.83. The summed E-state index contributed by atoms with van der Waals surface area (Å²) in [5.74, 6) is 0. The van der Waals surface area contributed by atoms with Crippen molar-refractivity contribution in [2.24, 2.45) is 0 Å². The average molecular weight is 364 g/mol. The Hall–Kier alpha value is 0.862. The van der Waals surface area contributed by atoms with E-state index >= 15 is 0 Å². The second-order valence-electron chi connectivity index (χ2n) is 1.37. The van der Waals surface area contributed by atoms with Gasteiger partial charge in [-0.25, -0.2) is 0 Å². The quantitative estimate of drug-likeness (QED) is 0.400. The van der Waals surface area contributed by atoms with Crippen molar-refractivity contribution in [3.63, 3.8) is 0 Å². The van der Waals surface area contributed by atoms with Crippen molar-refractivity contribution in [2.75, 3.05) is 13.2 Å². The van der Waals surface area contributed by atoms with Crippen LogP contribution in [-0.4, -0.2) is 61.7 Å². The first kappa shape index (κ1) is 13.5. The molecular weight excluding hydrogens is 354 g/mol. The molecule has 0 saturated heterocycles. The Balaban J connectivity index is 0. The van der Waals surface area contributed by atoms with Crippen molar-refractivity contribution in [2.45, 2.75) is 6.10 Å². The molecule has 60 valence electrons. The first-order valence-corrected chi connectivity index (χ1v) is 3.38. The van der Waals surface area contributed by atoms with Crippen molar-refractivity contribution < 1.29 is 24.2 Å². The van der Waals surface area contributed by atoms with Gasteiger partial charge < -0.3 is 10.2 Å². The van der Waals surface area contributed by atoms with Gasteiger partial charge >= 0.3 is 35.6 Å². The number of hydrogen-bond acceptors (Lipinski definition) is 4. The summed E-state index contributed by atoms with van der Waals surface area (Å²) < 4.78 is 13.8. The molecule has 0 aliphatic carbocycles. The van der Waals surface area contributed by atoms with E-state index in [1.807, 2.05) is 0 Å². The molecule has 5 nitrogen and oxygen atoms in total. The van der Waals surface area contributed by atoms with Gasteiger partial charge in [0.2, 0.25) is 0 Å². The Morgan fingerprint density at radius 3 is 2.40 bits per heavy atom. The minimum absolute atomic E-state index is 0. The summed E-state index contributed by atoms with van der Waals surface area (Å²) in [5.41, 5.74) is 0. The Bertz CT molecular complexity index is 98.9. The molecule has 0 bridgehead atoms. The summed E-state index contributed by atoms with van der Waals surface area (Å²) in [6.45, 7) is -0.786. The van der Waals surface area contributed by atoms with Crippen LogP contribution in [0, 0.1) is 0 Å². The van der Waals surface area contributed by atoms with Crippen molar-refractivity contribution in [3.8, 4) is 0 Å². The van der Waals surface area contributed by atoms with Crippen LogP contribution in [0.25, 0.3) is 0 Å². The Labute approximate surface area is 79.1 Å². The van der Waals surface area contributed by atoms with Crippen molar-refractivity contribution in [3.05, 3.63) is 0 Å². The van der Waals surface area contributed by atoms with Crippen LogP contribution in [0.15, 0.2) is 0 Å². The molecule has 0 heterocycles. The fourth-order valence-corrected chi connectivity index (χ4v) is 0.502. The third kappa shape index (κ3) is 8.86. The molecule has 2 unspecified atom stereocenters. The van der Waals surface area contributed by atoms with E-state index in [-0.39, 0.29) is 33.9 Å². The van der Waals surface area contributed by atoms with Gasteiger partial charge in [0.25, 0.3) is 0 Å². The number of rotatable bonds is 4. The maximum atomic E-state index is 9.75. The van der Waals surface area contributed by atoms with E-state index in [2.05, 4.69) is 4.52 Å². The minimum atomic E-state index is -2.66. The fourth-order valence-electron chi connectivity index (χ4n) is 0.203. The van der Waals surface area contributed by atoms with Gasteiger partial charge in [0.15, 0.2) is 0 Å². The predicted molar refractivity (Wildman–Crippen MR) is 37.4 cm³/mol. The van der Waals surface area contributed by atoms with E-state index in [1.165, 1.54) is 0 Å². The van der Waals surface area contributed by atoms with E-state index in [9.17, 15) is 4.57 Å². The summed E-state index contributed by atoms with van der Waals surface area (Å²) in [7, 11) is -2.66. The van der Waals surface area contributed by atoms with Gasteiger partial charge in [-0.15, -0.1) is 9.42 Å². The van der Waals surface area contributed by atoms with Crippen LogP contribution < -0.4 is 0 Å². The van der Waals surface area contributed by atoms with Gasteiger partial charge in [-0.1, -0.05) is 0 Å². The third-order valence-electron chi connectivity index (χ3n) is 0.588. The van der Waals surface area contributed by atoms with E-state index in [0.717, 1.165) is 0 Å². The zero-order chi connectivity index (χ0) is 7.28. The maximum absolute atomic E-state index is 9.75. The monoisotopic (exact) mass is 365 g/mol. The summed E-state index contributed by atoms with van der Waals surface area (Å²) in [6, 6.07) is 0. The first-order valence-electron chi connectivity index (χ1n) is 2.24. The van der Waals surface area contributed by atoms with Gasteiger partial charge in [0, 0.05) is 4.57 Å². The normalized spacial score (nSPS) is 13.7. The molecule has 0 spiro atoms. The number of aliphatic hydroxyl groups is 2. The fraction of sp³-hybridized carbons (Fsp3) is 1.00. The molecule has 7 heteroatoms. The molecule has 0 fully saturated rings. The summed E-state index contributed by atoms with van der Waals surface area (Å²) in [6.07, 6.45) is -1.07. The van der Waals surface area contributed by atoms with Crippen LogP contribution in [0.1, 0.15) is 0 Å². The molecule has 2 atom stereocenters. The predicted octanol–water partition coefficient (Wildman–Crippen LogP) is -1.91. The SMILES string of the molecule is O=[P+](O)OCC(O)CO.[PbH2]. The van der Waals surface area contributed by atoms with Gasteiger partial charge in [0.1, 0.15) is 12.7 Å². The van der Waals surface area contributed by atoms with Crippen LogP contribution in [0.4, 0.5) is 0 Å². The molecule has 0 aliphatic rings. The Morgan fingerprint density at radius 2 is 2.10 bits per heavy atom. The van der Waals surface area contributed by atoms with Crippen LogP contribution in [-0.2, 0) is 9.09 Å². The second kappa shape index (κ2) is 7.96. The second-order valence-corrected chi connectivity index (χ2v) is 2.10. The van der Waals surface area contributed by atoms with Crippen LogP contribution in [0.2, 0.25) is 0 Å². The van der Waals surface area contributed by atoms with Gasteiger partial charge in [-0.05, 0) is 0 Å². The van der Waals surface area contributed by atoms with E-state index < -0.39 is 21.0 Å². The summed E-state index contributed by atoms with van der Waals surface area (Å²) >= 11 is 0. The van der Waals surface area contributed by atoms with Crippen LogP contribution in [0.3, 0.4) is 0 Å². The van der Waals surface area contributed by atoms with Crippen molar-refractivity contribution >= 4 is 35.6 Å². The van der Waals surface area contributed by atoms with Crippen molar-refractivity contribution in [1.29, 1.82) is 0 Å². The zero-order valence-electron chi connectivity index (χ0n) is 5.30. The molecule has 0 aromatic heterocycles. The van der Waals surface area contributed by atoms with E-state index in [0.29, 0.717) is 0 Å². The van der Waals surface area contributed by atoms with Crippen molar-refractivity contribution in [1.82, 2.24) is 0 Å². The molecule has 0 saturated carbocycles. The molecular formula is C3H10O5PPb+. The van der Waals surface area contributed by atoms with E-state index in [1.54, 1.807) is 0 Å². The van der Waals surface area contributed by atoms with Gasteiger partial charge in [0.05, 0.1) is 6.61 Å². The molecule has 10 heavy (non-hydrogen) atoms. The molecule has 0 aromatic carbocycles. The van der Waals surface area contributed by atoms with Crippen LogP contribution >= 0.6 is 8.25 Å². The number of aliphatic hydroxyl groups excluding tert-OH is 2. The molecule has 0 amide bonds. The molecule has 0 rings (SSSR count). The third-order valence-corrected chi connectivity index (χ3v) is 0.958. The Kier molecular flexibility index (Phi) is 10.7. The number of hydrogen-bond donors (Lipinski definition) is 3. The van der Waals surface area contributed by atoms with Crippen LogP contribution in [0.5, 0.6) is 0 Å². The van der Waals surface area contributed by atoms with Gasteiger partial charge in [-0.3, -0.25) is 0 Å². The van der Waals surface area contributed by atoms with E-state index in [4.69, 9.17) is 15.1 Å². The molecule has 0 aliphatic heterocycles. The summed E-state index contributed by atoms with van der Waals surface area (Å²) in [5, 5.41) is 16.6. The Morgan fingerprint density at radius 1 is 1.60 bits per heavy atom. The summed E-state index contributed by atoms with van der Waals surface area (Å²) in [4.78, 5) is 7.99. The topological polar surface area (TPSA) is 87.0 Å². The molecule has 0 aromatic rings. The first-order chi connectivity index (χ1) is 4.16.